The van der Waals surface area contributed by atoms with Crippen LogP contribution in [0.5, 0.6) is 5.75 Å². The number of para-hydroxylation sites is 2. The normalized spacial score (nSPS) is 11.4. The maximum absolute atomic E-state index is 13.4. The van der Waals surface area contributed by atoms with Crippen LogP contribution in [0, 0.1) is 0 Å². The second kappa shape index (κ2) is 8.88. The molecule has 0 aliphatic heterocycles. The highest BCUT2D eigenvalue weighted by Crippen LogP contribution is 2.27. The lowest BCUT2D eigenvalue weighted by Crippen LogP contribution is -2.20. The van der Waals surface area contributed by atoms with Gasteiger partial charge in [0.05, 0.1) is 17.1 Å². The molecule has 0 saturated carbocycles. The molecule has 162 valence electrons. The van der Waals surface area contributed by atoms with Crippen molar-refractivity contribution in [2.24, 2.45) is 5.10 Å². The van der Waals surface area contributed by atoms with Crippen molar-refractivity contribution < 1.29 is 9.15 Å². The summed E-state index contributed by atoms with van der Waals surface area (Å²) in [6, 6.07) is 22.2. The Balaban J connectivity index is 1.70. The van der Waals surface area contributed by atoms with Crippen LogP contribution < -0.4 is 10.3 Å². The van der Waals surface area contributed by atoms with Gasteiger partial charge >= 0.3 is 0 Å². The molecule has 0 unspecified atom stereocenters. The molecule has 0 atom stereocenters. The number of hydrogen-bond acceptors (Lipinski definition) is 5. The van der Waals surface area contributed by atoms with Gasteiger partial charge in [0.2, 0.25) is 5.82 Å². The van der Waals surface area contributed by atoms with Crippen LogP contribution >= 0.6 is 15.9 Å². The zero-order valence-electron chi connectivity index (χ0n) is 17.4. The molecular weight excluding hydrogens is 482 g/mol. The van der Waals surface area contributed by atoms with Crippen LogP contribution in [0.4, 0.5) is 0 Å². The largest absolute Gasteiger partial charge is 0.489 e. The molecule has 6 nitrogen and oxygen atoms in total. The molecule has 0 aliphatic carbocycles. The highest BCUT2D eigenvalue weighted by atomic mass is 79.9. The molecule has 0 N–H and O–H groups in total. The highest BCUT2D eigenvalue weighted by Gasteiger charge is 2.16. The molecule has 0 saturated heterocycles. The monoisotopic (exact) mass is 499 g/mol. The van der Waals surface area contributed by atoms with Crippen LogP contribution in [-0.4, -0.2) is 22.5 Å². The van der Waals surface area contributed by atoms with Gasteiger partial charge in [0.25, 0.3) is 5.56 Å². The summed E-state index contributed by atoms with van der Waals surface area (Å²) >= 11 is 3.48. The lowest BCUT2D eigenvalue weighted by Gasteiger charge is -2.09. The van der Waals surface area contributed by atoms with E-state index in [9.17, 15) is 4.79 Å². The van der Waals surface area contributed by atoms with Crippen LogP contribution in [0.3, 0.4) is 0 Å². The van der Waals surface area contributed by atoms with E-state index >= 15 is 0 Å². The molecule has 7 heteroatoms. The number of hydrogen-bond donors (Lipinski definition) is 0. The van der Waals surface area contributed by atoms with E-state index in [-0.39, 0.29) is 5.56 Å². The fourth-order valence-corrected chi connectivity index (χ4v) is 3.88. The number of nitrogens with zero attached hydrogens (tertiary/aromatic N) is 3. The SMILES string of the molecule is C=CCOc1ccc(Br)cc1C=Nn1c(-c2cc3ccccc3o2)nc2ccccc2c1=O. The van der Waals surface area contributed by atoms with E-state index in [1.54, 1.807) is 30.5 Å². The lowest BCUT2D eigenvalue weighted by molar-refractivity contribution is 0.362. The zero-order chi connectivity index (χ0) is 22.8. The first-order chi connectivity index (χ1) is 16.1. The number of halogens is 1. The summed E-state index contributed by atoms with van der Waals surface area (Å²) in [5.74, 6) is 1.39. The molecule has 0 fully saturated rings. The summed E-state index contributed by atoms with van der Waals surface area (Å²) in [4.78, 5) is 18.1. The van der Waals surface area contributed by atoms with Gasteiger partial charge in [0.15, 0.2) is 5.76 Å². The molecule has 2 aromatic heterocycles. The first-order valence-electron chi connectivity index (χ1n) is 10.2. The lowest BCUT2D eigenvalue weighted by atomic mass is 10.2. The van der Waals surface area contributed by atoms with Crippen molar-refractivity contribution in [2.45, 2.75) is 0 Å². The molecular formula is C26H18BrN3O3. The number of aromatic nitrogens is 2. The molecule has 33 heavy (non-hydrogen) atoms. The van der Waals surface area contributed by atoms with E-state index in [1.165, 1.54) is 4.68 Å². The molecule has 0 amide bonds. The minimum Gasteiger partial charge on any atom is -0.489 e. The van der Waals surface area contributed by atoms with E-state index < -0.39 is 0 Å². The topological polar surface area (TPSA) is 69.6 Å². The quantitative estimate of drug-likeness (QED) is 0.211. The maximum atomic E-state index is 13.4. The number of benzene rings is 3. The van der Waals surface area contributed by atoms with E-state index in [0.717, 1.165) is 9.86 Å². The first kappa shape index (κ1) is 20.9. The number of ether oxygens (including phenoxy) is 1. The Bertz CT molecular complexity index is 1550. The van der Waals surface area contributed by atoms with Crippen molar-refractivity contribution in [3.63, 3.8) is 0 Å². The van der Waals surface area contributed by atoms with Crippen molar-refractivity contribution in [1.29, 1.82) is 0 Å². The summed E-state index contributed by atoms with van der Waals surface area (Å²) < 4.78 is 13.9. The van der Waals surface area contributed by atoms with Crippen LogP contribution in [0.1, 0.15) is 5.56 Å². The maximum Gasteiger partial charge on any atom is 0.282 e. The third-order valence-corrected chi connectivity index (χ3v) is 5.53. The van der Waals surface area contributed by atoms with Crippen molar-refractivity contribution in [1.82, 2.24) is 9.66 Å². The minimum absolute atomic E-state index is 0.295. The van der Waals surface area contributed by atoms with Crippen molar-refractivity contribution in [3.05, 3.63) is 106 Å². The minimum atomic E-state index is -0.295. The van der Waals surface area contributed by atoms with E-state index in [4.69, 9.17) is 14.1 Å². The van der Waals surface area contributed by atoms with Crippen LogP contribution in [0.15, 0.2) is 104 Å². The Morgan fingerprint density at radius 1 is 1.09 bits per heavy atom. The number of rotatable bonds is 6. The number of furan rings is 1. The van der Waals surface area contributed by atoms with Crippen LogP contribution in [0.2, 0.25) is 0 Å². The van der Waals surface area contributed by atoms with Crippen LogP contribution in [0.25, 0.3) is 33.5 Å². The molecule has 0 radical (unpaired) electrons. The Kier molecular flexibility index (Phi) is 5.62. The third kappa shape index (κ3) is 4.10. The molecule has 0 spiro atoms. The molecule has 0 aliphatic rings. The van der Waals surface area contributed by atoms with Crippen molar-refractivity contribution in [2.75, 3.05) is 6.61 Å². The number of fused-ring (bicyclic) bond motifs is 2. The average molecular weight is 500 g/mol. The van der Waals surface area contributed by atoms with E-state index in [1.807, 2.05) is 54.6 Å². The van der Waals surface area contributed by atoms with Gasteiger partial charge in [-0.1, -0.05) is 58.9 Å². The predicted molar refractivity (Wildman–Crippen MR) is 134 cm³/mol. The van der Waals surface area contributed by atoms with Gasteiger partial charge < -0.3 is 9.15 Å². The predicted octanol–water partition coefficient (Wildman–Crippen LogP) is 6.02. The van der Waals surface area contributed by atoms with Gasteiger partial charge in [-0.05, 0) is 42.5 Å². The van der Waals surface area contributed by atoms with Crippen molar-refractivity contribution in [3.8, 4) is 17.3 Å². The smallest absolute Gasteiger partial charge is 0.282 e. The summed E-state index contributed by atoms with van der Waals surface area (Å²) in [5, 5.41) is 5.89. The average Bonchev–Trinajstić information content (AvgIpc) is 3.27. The fraction of sp³-hybridized carbons (Fsp3) is 0.0385. The highest BCUT2D eigenvalue weighted by molar-refractivity contribution is 9.10. The Hall–Kier alpha value is -3.97. The molecule has 3 aromatic carbocycles. The molecule has 5 rings (SSSR count). The van der Waals surface area contributed by atoms with E-state index in [0.29, 0.717) is 46.0 Å². The van der Waals surface area contributed by atoms with Gasteiger partial charge in [-0.3, -0.25) is 4.79 Å². The van der Waals surface area contributed by atoms with Crippen LogP contribution in [-0.2, 0) is 0 Å². The Morgan fingerprint density at radius 3 is 2.76 bits per heavy atom. The van der Waals surface area contributed by atoms with Crippen molar-refractivity contribution >= 4 is 44.0 Å². The standard InChI is InChI=1S/C26H18BrN3O3/c1-2-13-32-22-12-11-19(27)14-18(22)16-28-30-25(24-15-17-7-3-6-10-23(17)33-24)29-21-9-5-4-8-20(21)26(30)31/h2-12,14-16H,1,13H2. The van der Waals surface area contributed by atoms with Gasteiger partial charge in [0.1, 0.15) is 17.9 Å². The van der Waals surface area contributed by atoms with Gasteiger partial charge in [-0.15, -0.1) is 0 Å². The summed E-state index contributed by atoms with van der Waals surface area (Å²) in [5.41, 5.74) is 1.68. The van der Waals surface area contributed by atoms with E-state index in [2.05, 4.69) is 27.6 Å². The second-order valence-corrected chi connectivity index (χ2v) is 8.16. The Labute approximate surface area is 197 Å². The fourth-order valence-electron chi connectivity index (χ4n) is 3.50. The first-order valence-corrected chi connectivity index (χ1v) is 11.0. The Morgan fingerprint density at radius 2 is 1.91 bits per heavy atom. The third-order valence-electron chi connectivity index (χ3n) is 5.04. The van der Waals surface area contributed by atoms with Gasteiger partial charge in [-0.25, -0.2) is 4.98 Å². The van der Waals surface area contributed by atoms with Gasteiger partial charge in [0, 0.05) is 15.4 Å². The zero-order valence-corrected chi connectivity index (χ0v) is 19.0. The molecule has 0 bridgehead atoms. The summed E-state index contributed by atoms with van der Waals surface area (Å²) in [6.45, 7) is 4.04. The summed E-state index contributed by atoms with van der Waals surface area (Å²) in [6.07, 6.45) is 3.24. The second-order valence-electron chi connectivity index (χ2n) is 7.24. The van der Waals surface area contributed by atoms with Gasteiger partial charge in [-0.2, -0.15) is 9.78 Å². The summed E-state index contributed by atoms with van der Waals surface area (Å²) in [7, 11) is 0. The molecule has 5 aromatic rings. The molecule has 2 heterocycles.